The molecular weight excluding hydrogens is 456 g/mol. The van der Waals surface area contributed by atoms with Gasteiger partial charge in [-0.3, -0.25) is 9.78 Å². The summed E-state index contributed by atoms with van der Waals surface area (Å²) in [6, 6.07) is 12.7. The fourth-order valence-corrected chi connectivity index (χ4v) is 3.31. The lowest BCUT2D eigenvalue weighted by Gasteiger charge is -2.14. The van der Waals surface area contributed by atoms with E-state index in [0.29, 0.717) is 5.69 Å². The summed E-state index contributed by atoms with van der Waals surface area (Å²) in [6.07, 6.45) is 1.13. The topological polar surface area (TPSA) is 99.5 Å². The van der Waals surface area contributed by atoms with Crippen LogP contribution in [0.5, 0.6) is 5.88 Å². The van der Waals surface area contributed by atoms with E-state index in [1.807, 2.05) is 43.3 Å². The van der Waals surface area contributed by atoms with Crippen molar-refractivity contribution in [1.29, 1.82) is 0 Å². The molecule has 0 aliphatic rings. The van der Waals surface area contributed by atoms with Gasteiger partial charge in [0.25, 0.3) is 5.56 Å². The number of halogens is 1. The van der Waals surface area contributed by atoms with E-state index < -0.39 is 17.1 Å². The normalized spacial score (nSPS) is 11.0. The summed E-state index contributed by atoms with van der Waals surface area (Å²) in [5, 5.41) is 13.7. The molecule has 3 N–H and O–H groups in total. The van der Waals surface area contributed by atoms with Crippen molar-refractivity contribution >= 4 is 45.2 Å². The third kappa shape index (κ3) is 4.52. The van der Waals surface area contributed by atoms with Gasteiger partial charge < -0.3 is 10.4 Å². The monoisotopic (exact) mass is 472 g/mol. The molecule has 3 aromatic rings. The molecule has 0 amide bonds. The zero-order valence-corrected chi connectivity index (χ0v) is 18.0. The summed E-state index contributed by atoms with van der Waals surface area (Å²) < 4.78 is 1.90. The number of thiocarbonyl (C=S) groups is 1. The summed E-state index contributed by atoms with van der Waals surface area (Å²) >= 11 is 8.58. The smallest absolute Gasteiger partial charge is 0.335 e. The Labute approximate surface area is 179 Å². The predicted octanol–water partition coefficient (Wildman–Crippen LogP) is 3.43. The number of hydrogen-bond acceptors (Lipinski definition) is 4. The van der Waals surface area contributed by atoms with Gasteiger partial charge in [0.2, 0.25) is 5.88 Å². The molecule has 0 bridgehead atoms. The Morgan fingerprint density at radius 1 is 1.21 bits per heavy atom. The molecule has 2 aromatic carbocycles. The fraction of sp³-hybridized carbons (Fsp3) is 0.100. The first kappa shape index (κ1) is 20.7. The molecule has 0 radical (unpaired) electrons. The van der Waals surface area contributed by atoms with Crippen molar-refractivity contribution in [3.05, 3.63) is 84.5 Å². The molecule has 0 aliphatic heterocycles. The standard InChI is InChI=1S/C20H17BrN4O3S/c1-11-9-16(12(2)8-15(11)21)25-18(27)14(17(26)24-20(25)28)10-22-19(29)23-13-6-4-3-5-7-13/h3-10,27H,1-2H3,(H,23,29)(H,24,26,28). The second-order valence-corrected chi connectivity index (χ2v) is 7.52. The van der Waals surface area contributed by atoms with Crippen molar-refractivity contribution in [2.24, 2.45) is 4.99 Å². The number of aliphatic imine (C=N–C) groups is 1. The quantitative estimate of drug-likeness (QED) is 0.400. The Morgan fingerprint density at radius 2 is 1.90 bits per heavy atom. The van der Waals surface area contributed by atoms with Gasteiger partial charge in [0.05, 0.1) is 5.69 Å². The van der Waals surface area contributed by atoms with Gasteiger partial charge in [-0.05, 0) is 61.5 Å². The highest BCUT2D eigenvalue weighted by molar-refractivity contribution is 9.10. The van der Waals surface area contributed by atoms with Crippen molar-refractivity contribution in [2.75, 3.05) is 5.32 Å². The Kier molecular flexibility index (Phi) is 6.09. The van der Waals surface area contributed by atoms with E-state index in [1.54, 1.807) is 13.0 Å². The van der Waals surface area contributed by atoms with E-state index in [0.717, 1.165) is 32.1 Å². The van der Waals surface area contributed by atoms with E-state index in [9.17, 15) is 14.7 Å². The molecule has 0 unspecified atom stereocenters. The van der Waals surface area contributed by atoms with Crippen LogP contribution >= 0.6 is 28.1 Å². The Bertz CT molecular complexity index is 1230. The van der Waals surface area contributed by atoms with Crippen LogP contribution in [-0.2, 0) is 0 Å². The molecule has 7 nitrogen and oxygen atoms in total. The molecule has 0 saturated heterocycles. The summed E-state index contributed by atoms with van der Waals surface area (Å²) in [7, 11) is 0. The summed E-state index contributed by atoms with van der Waals surface area (Å²) in [6.45, 7) is 3.65. The van der Waals surface area contributed by atoms with Gasteiger partial charge >= 0.3 is 5.69 Å². The average Bonchev–Trinajstić information content (AvgIpc) is 2.66. The minimum Gasteiger partial charge on any atom is -0.493 e. The predicted molar refractivity (Wildman–Crippen MR) is 122 cm³/mol. The third-order valence-electron chi connectivity index (χ3n) is 4.17. The number of aromatic nitrogens is 2. The molecular formula is C20H17BrN4O3S. The molecule has 0 aliphatic carbocycles. The van der Waals surface area contributed by atoms with Crippen LogP contribution in [0.15, 0.2) is 61.5 Å². The number of aromatic hydroxyl groups is 1. The number of para-hydroxylation sites is 1. The highest BCUT2D eigenvalue weighted by Gasteiger charge is 2.16. The SMILES string of the molecule is Cc1cc(-n2c(O)c(C=NC(=S)Nc3ccccc3)c(=O)[nH]c2=O)c(C)cc1Br. The average molecular weight is 473 g/mol. The zero-order valence-electron chi connectivity index (χ0n) is 15.6. The second kappa shape index (κ2) is 8.54. The maximum Gasteiger partial charge on any atom is 0.335 e. The maximum atomic E-state index is 12.4. The van der Waals surface area contributed by atoms with Crippen LogP contribution in [0.1, 0.15) is 16.7 Å². The lowest BCUT2D eigenvalue weighted by molar-refractivity contribution is 0.430. The molecule has 0 atom stereocenters. The molecule has 29 heavy (non-hydrogen) atoms. The van der Waals surface area contributed by atoms with Gasteiger partial charge in [0.15, 0.2) is 5.11 Å². The van der Waals surface area contributed by atoms with Crippen molar-refractivity contribution < 1.29 is 5.11 Å². The van der Waals surface area contributed by atoms with Crippen LogP contribution in [-0.4, -0.2) is 26.0 Å². The van der Waals surface area contributed by atoms with E-state index in [2.05, 4.69) is 31.2 Å². The lowest BCUT2D eigenvalue weighted by Crippen LogP contribution is -2.31. The van der Waals surface area contributed by atoms with Crippen molar-refractivity contribution in [3.8, 4) is 11.6 Å². The van der Waals surface area contributed by atoms with Crippen molar-refractivity contribution in [3.63, 3.8) is 0 Å². The lowest BCUT2D eigenvalue weighted by atomic mass is 10.1. The number of nitrogens with zero attached hydrogens (tertiary/aromatic N) is 2. The highest BCUT2D eigenvalue weighted by Crippen LogP contribution is 2.25. The van der Waals surface area contributed by atoms with E-state index in [4.69, 9.17) is 12.2 Å². The molecule has 0 spiro atoms. The van der Waals surface area contributed by atoms with Gasteiger partial charge in [-0.2, -0.15) is 0 Å². The Balaban J connectivity index is 2.02. The van der Waals surface area contributed by atoms with Crippen LogP contribution in [0.3, 0.4) is 0 Å². The zero-order chi connectivity index (χ0) is 21.1. The van der Waals surface area contributed by atoms with Crippen molar-refractivity contribution in [2.45, 2.75) is 13.8 Å². The summed E-state index contributed by atoms with van der Waals surface area (Å²) in [5.74, 6) is -0.519. The fourth-order valence-electron chi connectivity index (χ4n) is 2.69. The number of aromatic amines is 1. The van der Waals surface area contributed by atoms with Crippen LogP contribution in [0.25, 0.3) is 5.69 Å². The number of aryl methyl sites for hydroxylation is 2. The van der Waals surface area contributed by atoms with E-state index >= 15 is 0 Å². The number of hydrogen-bond donors (Lipinski definition) is 3. The molecule has 0 fully saturated rings. The van der Waals surface area contributed by atoms with Crippen LogP contribution in [0.4, 0.5) is 5.69 Å². The van der Waals surface area contributed by atoms with E-state index in [-0.39, 0.29) is 10.7 Å². The maximum absolute atomic E-state index is 12.4. The van der Waals surface area contributed by atoms with Crippen LogP contribution in [0, 0.1) is 13.8 Å². The molecule has 0 saturated carbocycles. The molecule has 148 valence electrons. The first-order valence-corrected chi connectivity index (χ1v) is 9.73. The van der Waals surface area contributed by atoms with Crippen LogP contribution in [0.2, 0.25) is 0 Å². The number of nitrogens with one attached hydrogen (secondary N) is 2. The molecule has 9 heteroatoms. The largest absolute Gasteiger partial charge is 0.493 e. The van der Waals surface area contributed by atoms with Gasteiger partial charge in [-0.25, -0.2) is 14.4 Å². The summed E-state index contributed by atoms with van der Waals surface area (Å²) in [5.41, 5.74) is 1.09. The Morgan fingerprint density at radius 3 is 2.59 bits per heavy atom. The third-order valence-corrected chi connectivity index (χ3v) is 5.24. The second-order valence-electron chi connectivity index (χ2n) is 6.27. The van der Waals surface area contributed by atoms with Crippen LogP contribution < -0.4 is 16.6 Å². The minimum atomic E-state index is -0.763. The van der Waals surface area contributed by atoms with E-state index in [1.165, 1.54) is 0 Å². The van der Waals surface area contributed by atoms with Gasteiger partial charge in [0, 0.05) is 16.4 Å². The first-order valence-electron chi connectivity index (χ1n) is 8.53. The summed E-state index contributed by atoms with van der Waals surface area (Å²) in [4.78, 5) is 30.9. The first-order chi connectivity index (χ1) is 13.8. The highest BCUT2D eigenvalue weighted by atomic mass is 79.9. The molecule has 1 aromatic heterocycles. The van der Waals surface area contributed by atoms with Crippen molar-refractivity contribution in [1.82, 2.24) is 9.55 Å². The van der Waals surface area contributed by atoms with Gasteiger partial charge in [0.1, 0.15) is 5.56 Å². The van der Waals surface area contributed by atoms with Gasteiger partial charge in [-0.1, -0.05) is 34.1 Å². The molecule has 3 rings (SSSR count). The molecule has 1 heterocycles. The number of benzene rings is 2. The van der Waals surface area contributed by atoms with Gasteiger partial charge in [-0.15, -0.1) is 0 Å². The number of anilines is 1. The Hall–Kier alpha value is -3.04. The minimum absolute atomic E-state index is 0.100. The number of H-pyrrole nitrogens is 1. The number of rotatable bonds is 3.